The van der Waals surface area contributed by atoms with E-state index in [1.807, 2.05) is 17.5 Å². The number of ketones is 1. The SMILES string of the molecule is O=C(COC[C@@H]1CCNC1)c1cccs1. The highest BCUT2D eigenvalue weighted by molar-refractivity contribution is 7.12. The molecular weight excluding hydrogens is 210 g/mol. The lowest BCUT2D eigenvalue weighted by Crippen LogP contribution is -2.16. The Bertz CT molecular complexity index is 304. The average Bonchev–Trinajstić information content (AvgIpc) is 2.90. The summed E-state index contributed by atoms with van der Waals surface area (Å²) in [5, 5.41) is 5.19. The van der Waals surface area contributed by atoms with Crippen molar-refractivity contribution in [3.8, 4) is 0 Å². The molecule has 2 heterocycles. The lowest BCUT2D eigenvalue weighted by Gasteiger charge is -2.07. The Kier molecular flexibility index (Phi) is 3.88. The Labute approximate surface area is 93.4 Å². The molecule has 0 bridgehead atoms. The second kappa shape index (κ2) is 5.39. The van der Waals surface area contributed by atoms with Crippen LogP contribution in [-0.2, 0) is 4.74 Å². The fraction of sp³-hybridized carbons (Fsp3) is 0.545. The molecule has 1 aliphatic heterocycles. The first-order valence-corrected chi connectivity index (χ1v) is 6.09. The van der Waals surface area contributed by atoms with Gasteiger partial charge >= 0.3 is 0 Å². The maximum Gasteiger partial charge on any atom is 0.198 e. The molecule has 4 heteroatoms. The van der Waals surface area contributed by atoms with E-state index in [0.29, 0.717) is 12.5 Å². The van der Waals surface area contributed by atoms with Crippen LogP contribution in [0.1, 0.15) is 16.1 Å². The van der Waals surface area contributed by atoms with Gasteiger partial charge < -0.3 is 10.1 Å². The predicted octanol–water partition coefficient (Wildman–Crippen LogP) is 1.56. The normalized spacial score (nSPS) is 20.7. The topological polar surface area (TPSA) is 38.3 Å². The van der Waals surface area contributed by atoms with Crippen molar-refractivity contribution in [1.82, 2.24) is 5.32 Å². The summed E-state index contributed by atoms with van der Waals surface area (Å²) in [6.07, 6.45) is 1.16. The molecule has 1 atom stereocenters. The molecule has 1 aromatic rings. The molecule has 0 spiro atoms. The summed E-state index contributed by atoms with van der Waals surface area (Å²) in [5.74, 6) is 0.678. The second-order valence-corrected chi connectivity index (χ2v) is 4.72. The van der Waals surface area contributed by atoms with Crippen molar-refractivity contribution in [2.24, 2.45) is 5.92 Å². The van der Waals surface area contributed by atoms with Crippen LogP contribution in [0, 0.1) is 5.92 Å². The lowest BCUT2D eigenvalue weighted by atomic mass is 10.1. The van der Waals surface area contributed by atoms with Crippen LogP contribution >= 0.6 is 11.3 Å². The van der Waals surface area contributed by atoms with E-state index in [1.54, 1.807) is 0 Å². The quantitative estimate of drug-likeness (QED) is 0.773. The van der Waals surface area contributed by atoms with Crippen LogP contribution in [0.3, 0.4) is 0 Å². The maximum absolute atomic E-state index is 11.5. The van der Waals surface area contributed by atoms with Crippen LogP contribution in [0.25, 0.3) is 0 Å². The summed E-state index contributed by atoms with van der Waals surface area (Å²) in [6, 6.07) is 3.73. The highest BCUT2D eigenvalue weighted by atomic mass is 32.1. The Hall–Kier alpha value is -0.710. The van der Waals surface area contributed by atoms with Gasteiger partial charge in [-0.15, -0.1) is 11.3 Å². The number of Topliss-reactive ketones (excluding diaryl/α,β-unsaturated/α-hetero) is 1. The van der Waals surface area contributed by atoms with Gasteiger partial charge in [-0.3, -0.25) is 4.79 Å². The fourth-order valence-electron chi connectivity index (χ4n) is 1.68. The van der Waals surface area contributed by atoms with Gasteiger partial charge in [0, 0.05) is 6.54 Å². The molecule has 3 nitrogen and oxygen atoms in total. The first kappa shape index (κ1) is 10.8. The summed E-state index contributed by atoms with van der Waals surface area (Å²) in [6.45, 7) is 3.02. The van der Waals surface area contributed by atoms with Crippen LogP contribution in [-0.4, -0.2) is 32.1 Å². The molecule has 2 rings (SSSR count). The minimum absolute atomic E-state index is 0.0935. The number of nitrogens with one attached hydrogen (secondary N) is 1. The molecule has 0 unspecified atom stereocenters. The zero-order valence-electron chi connectivity index (χ0n) is 8.57. The monoisotopic (exact) mass is 225 g/mol. The summed E-state index contributed by atoms with van der Waals surface area (Å²) in [7, 11) is 0. The number of hydrogen-bond donors (Lipinski definition) is 1. The zero-order valence-corrected chi connectivity index (χ0v) is 9.39. The molecule has 0 radical (unpaired) electrons. The molecule has 15 heavy (non-hydrogen) atoms. The lowest BCUT2D eigenvalue weighted by molar-refractivity contribution is 0.0696. The van der Waals surface area contributed by atoms with E-state index < -0.39 is 0 Å². The average molecular weight is 225 g/mol. The van der Waals surface area contributed by atoms with Gasteiger partial charge in [-0.1, -0.05) is 6.07 Å². The molecule has 1 N–H and O–H groups in total. The number of rotatable bonds is 5. The van der Waals surface area contributed by atoms with Crippen LogP contribution in [0.5, 0.6) is 0 Å². The Balaban J connectivity index is 1.67. The standard InChI is InChI=1S/C11H15NO2S/c13-10(11-2-1-5-15-11)8-14-7-9-3-4-12-6-9/h1-2,5,9,12H,3-4,6-8H2/t9-/m1/s1. The number of hydrogen-bond acceptors (Lipinski definition) is 4. The molecular formula is C11H15NO2S. The Morgan fingerprint density at radius 3 is 3.27 bits per heavy atom. The van der Waals surface area contributed by atoms with E-state index in [0.717, 1.165) is 24.4 Å². The largest absolute Gasteiger partial charge is 0.373 e. The van der Waals surface area contributed by atoms with E-state index in [9.17, 15) is 4.79 Å². The van der Waals surface area contributed by atoms with Gasteiger partial charge in [0.15, 0.2) is 5.78 Å². The van der Waals surface area contributed by atoms with E-state index in [4.69, 9.17) is 4.74 Å². The van der Waals surface area contributed by atoms with Crippen molar-refractivity contribution in [2.45, 2.75) is 6.42 Å². The molecule has 0 aromatic carbocycles. The van der Waals surface area contributed by atoms with Gasteiger partial charge in [0.2, 0.25) is 0 Å². The van der Waals surface area contributed by atoms with Crippen LogP contribution < -0.4 is 5.32 Å². The molecule has 0 saturated carbocycles. The van der Waals surface area contributed by atoms with Crippen molar-refractivity contribution < 1.29 is 9.53 Å². The van der Waals surface area contributed by atoms with Crippen molar-refractivity contribution in [2.75, 3.05) is 26.3 Å². The zero-order chi connectivity index (χ0) is 10.5. The molecule has 0 amide bonds. The third-order valence-corrected chi connectivity index (χ3v) is 3.46. The van der Waals surface area contributed by atoms with Gasteiger partial charge in [-0.25, -0.2) is 0 Å². The Morgan fingerprint density at radius 2 is 2.60 bits per heavy atom. The summed E-state index contributed by atoms with van der Waals surface area (Å²) in [4.78, 5) is 12.3. The van der Waals surface area contributed by atoms with Crippen molar-refractivity contribution in [1.29, 1.82) is 0 Å². The second-order valence-electron chi connectivity index (χ2n) is 3.77. The number of carbonyl (C=O) groups is 1. The molecule has 1 aromatic heterocycles. The van der Waals surface area contributed by atoms with Crippen molar-refractivity contribution in [3.05, 3.63) is 22.4 Å². The third-order valence-electron chi connectivity index (χ3n) is 2.55. The first-order valence-electron chi connectivity index (χ1n) is 5.21. The molecule has 0 aliphatic carbocycles. The van der Waals surface area contributed by atoms with Crippen LogP contribution in [0.15, 0.2) is 17.5 Å². The van der Waals surface area contributed by atoms with Crippen LogP contribution in [0.4, 0.5) is 0 Å². The van der Waals surface area contributed by atoms with E-state index in [2.05, 4.69) is 5.32 Å². The summed E-state index contributed by atoms with van der Waals surface area (Å²) >= 11 is 1.47. The van der Waals surface area contributed by atoms with Gasteiger partial charge in [-0.2, -0.15) is 0 Å². The van der Waals surface area contributed by atoms with Crippen molar-refractivity contribution >= 4 is 17.1 Å². The maximum atomic E-state index is 11.5. The first-order chi connectivity index (χ1) is 7.36. The molecule has 1 saturated heterocycles. The molecule has 82 valence electrons. The third kappa shape index (κ3) is 3.12. The van der Waals surface area contributed by atoms with Gasteiger partial charge in [0.1, 0.15) is 6.61 Å². The summed E-state index contributed by atoms with van der Waals surface area (Å²) < 4.78 is 5.42. The van der Waals surface area contributed by atoms with E-state index in [1.165, 1.54) is 11.3 Å². The van der Waals surface area contributed by atoms with Gasteiger partial charge in [-0.05, 0) is 30.3 Å². The molecule has 1 fully saturated rings. The van der Waals surface area contributed by atoms with Gasteiger partial charge in [0.05, 0.1) is 11.5 Å². The number of carbonyl (C=O) groups excluding carboxylic acids is 1. The number of ether oxygens (including phenoxy) is 1. The summed E-state index contributed by atoms with van der Waals surface area (Å²) in [5.41, 5.74) is 0. The number of thiophene rings is 1. The smallest absolute Gasteiger partial charge is 0.198 e. The predicted molar refractivity (Wildman–Crippen MR) is 60.4 cm³/mol. The fourth-order valence-corrected chi connectivity index (χ4v) is 2.33. The van der Waals surface area contributed by atoms with Gasteiger partial charge in [0.25, 0.3) is 0 Å². The van der Waals surface area contributed by atoms with Crippen LogP contribution in [0.2, 0.25) is 0 Å². The Morgan fingerprint density at radius 1 is 1.67 bits per heavy atom. The highest BCUT2D eigenvalue weighted by Gasteiger charge is 2.15. The minimum atomic E-state index is 0.0935. The highest BCUT2D eigenvalue weighted by Crippen LogP contribution is 2.11. The van der Waals surface area contributed by atoms with E-state index in [-0.39, 0.29) is 12.4 Å². The van der Waals surface area contributed by atoms with E-state index >= 15 is 0 Å². The van der Waals surface area contributed by atoms with Crippen molar-refractivity contribution in [3.63, 3.8) is 0 Å². The molecule has 1 aliphatic rings. The minimum Gasteiger partial charge on any atom is -0.373 e.